The molecule has 1 aliphatic rings. The second-order valence-electron chi connectivity index (χ2n) is 4.91. The van der Waals surface area contributed by atoms with Gasteiger partial charge in [-0.1, -0.05) is 18.0 Å². The monoisotopic (exact) mass is 286 g/mol. The van der Waals surface area contributed by atoms with Crippen molar-refractivity contribution in [3.63, 3.8) is 0 Å². The molecule has 18 heavy (non-hydrogen) atoms. The minimum Gasteiger partial charge on any atom is -0.349 e. The second kappa shape index (κ2) is 6.04. The minimum absolute atomic E-state index is 0.0222. The lowest BCUT2D eigenvalue weighted by Gasteiger charge is -2.20. The predicted molar refractivity (Wildman–Crippen MR) is 75.8 cm³/mol. The Morgan fingerprint density at radius 2 is 2.39 bits per heavy atom. The number of hydrogen-bond acceptors (Lipinski definition) is 3. The predicted octanol–water partition coefficient (Wildman–Crippen LogP) is 2.95. The Labute approximate surface area is 117 Å². The highest BCUT2D eigenvalue weighted by atomic mass is 35.5. The van der Waals surface area contributed by atoms with E-state index in [4.69, 9.17) is 17.3 Å². The van der Waals surface area contributed by atoms with E-state index in [-0.39, 0.29) is 17.9 Å². The lowest BCUT2D eigenvalue weighted by molar-refractivity contribution is -0.126. The van der Waals surface area contributed by atoms with E-state index in [0.717, 1.165) is 28.5 Å². The summed E-state index contributed by atoms with van der Waals surface area (Å²) in [4.78, 5) is 13.3. The third kappa shape index (κ3) is 3.05. The molecule has 0 aliphatic heterocycles. The summed E-state index contributed by atoms with van der Waals surface area (Å²) in [6.45, 7) is 2.60. The Morgan fingerprint density at radius 1 is 1.61 bits per heavy atom. The van der Waals surface area contributed by atoms with E-state index < -0.39 is 0 Å². The molecule has 100 valence electrons. The summed E-state index contributed by atoms with van der Waals surface area (Å²) in [5, 5.41) is 3.07. The van der Waals surface area contributed by atoms with Gasteiger partial charge in [-0.2, -0.15) is 0 Å². The topological polar surface area (TPSA) is 55.1 Å². The molecule has 1 fully saturated rings. The van der Waals surface area contributed by atoms with Crippen LogP contribution < -0.4 is 11.1 Å². The fourth-order valence-corrected chi connectivity index (χ4v) is 3.68. The number of hydrogen-bond donors (Lipinski definition) is 2. The van der Waals surface area contributed by atoms with Gasteiger partial charge in [-0.05, 0) is 44.4 Å². The zero-order valence-corrected chi connectivity index (χ0v) is 12.1. The molecule has 0 saturated heterocycles. The van der Waals surface area contributed by atoms with Gasteiger partial charge >= 0.3 is 0 Å². The summed E-state index contributed by atoms with van der Waals surface area (Å²) in [5.74, 6) is 0.581. The van der Waals surface area contributed by atoms with Gasteiger partial charge in [0.05, 0.1) is 10.4 Å². The summed E-state index contributed by atoms with van der Waals surface area (Å²) < 4.78 is 0.756. The van der Waals surface area contributed by atoms with Crippen molar-refractivity contribution >= 4 is 28.8 Å². The first-order valence-corrected chi connectivity index (χ1v) is 7.57. The Morgan fingerprint density at radius 3 is 3.00 bits per heavy atom. The number of nitrogens with two attached hydrogens (primary N) is 1. The molecular weight excluding hydrogens is 268 g/mol. The molecule has 1 amide bonds. The van der Waals surface area contributed by atoms with E-state index >= 15 is 0 Å². The van der Waals surface area contributed by atoms with E-state index in [0.29, 0.717) is 12.5 Å². The number of thiophene rings is 1. The van der Waals surface area contributed by atoms with Crippen molar-refractivity contribution in [2.45, 2.75) is 32.2 Å². The Balaban J connectivity index is 1.94. The van der Waals surface area contributed by atoms with Crippen molar-refractivity contribution in [2.75, 3.05) is 6.54 Å². The molecule has 5 heteroatoms. The van der Waals surface area contributed by atoms with Gasteiger partial charge in [0, 0.05) is 10.8 Å². The van der Waals surface area contributed by atoms with Crippen LogP contribution in [0.2, 0.25) is 4.34 Å². The number of halogens is 1. The average Bonchev–Trinajstić information content (AvgIpc) is 2.96. The molecule has 3 N–H and O–H groups in total. The highest BCUT2D eigenvalue weighted by molar-refractivity contribution is 7.16. The van der Waals surface area contributed by atoms with Crippen molar-refractivity contribution in [1.82, 2.24) is 5.32 Å². The summed E-state index contributed by atoms with van der Waals surface area (Å²) in [7, 11) is 0. The number of carbonyl (C=O) groups is 1. The third-order valence-electron chi connectivity index (χ3n) is 3.68. The van der Waals surface area contributed by atoms with Gasteiger partial charge in [0.1, 0.15) is 0 Å². The SMILES string of the molecule is CC(NC(=O)C1CCCC1CN)c1ccc(Cl)s1. The Bertz CT molecular complexity index is 421. The molecule has 0 bridgehead atoms. The van der Waals surface area contributed by atoms with Crippen molar-refractivity contribution in [3.8, 4) is 0 Å². The van der Waals surface area contributed by atoms with Crippen LogP contribution in [0.1, 0.15) is 37.1 Å². The molecule has 1 aromatic rings. The van der Waals surface area contributed by atoms with E-state index in [1.807, 2.05) is 19.1 Å². The van der Waals surface area contributed by atoms with Crippen LogP contribution in [0.4, 0.5) is 0 Å². The molecule has 2 rings (SSSR count). The maximum Gasteiger partial charge on any atom is 0.223 e. The first kappa shape index (κ1) is 13.8. The van der Waals surface area contributed by atoms with E-state index in [1.54, 1.807) is 0 Å². The number of carbonyl (C=O) groups excluding carboxylic acids is 1. The zero-order valence-electron chi connectivity index (χ0n) is 10.5. The summed E-state index contributed by atoms with van der Waals surface area (Å²) in [5.41, 5.74) is 5.71. The first-order chi connectivity index (χ1) is 8.61. The smallest absolute Gasteiger partial charge is 0.223 e. The molecule has 1 aliphatic carbocycles. The van der Waals surface area contributed by atoms with Gasteiger partial charge in [0.25, 0.3) is 0 Å². The molecule has 1 aromatic heterocycles. The molecule has 1 saturated carbocycles. The van der Waals surface area contributed by atoms with Gasteiger partial charge in [-0.3, -0.25) is 4.79 Å². The van der Waals surface area contributed by atoms with Crippen molar-refractivity contribution in [3.05, 3.63) is 21.3 Å². The van der Waals surface area contributed by atoms with Crippen LogP contribution >= 0.6 is 22.9 Å². The van der Waals surface area contributed by atoms with Gasteiger partial charge in [-0.25, -0.2) is 0 Å². The number of rotatable bonds is 4. The quantitative estimate of drug-likeness (QED) is 0.894. The largest absolute Gasteiger partial charge is 0.349 e. The summed E-state index contributed by atoms with van der Waals surface area (Å²) >= 11 is 7.42. The van der Waals surface area contributed by atoms with Crippen molar-refractivity contribution in [1.29, 1.82) is 0 Å². The van der Waals surface area contributed by atoms with Crippen molar-refractivity contribution in [2.24, 2.45) is 17.6 Å². The van der Waals surface area contributed by atoms with Gasteiger partial charge in [0.2, 0.25) is 5.91 Å². The molecule has 3 nitrogen and oxygen atoms in total. The highest BCUT2D eigenvalue weighted by Crippen LogP contribution is 2.32. The first-order valence-electron chi connectivity index (χ1n) is 6.37. The third-order valence-corrected chi connectivity index (χ3v) is 5.09. The molecule has 1 heterocycles. The number of amides is 1. The van der Waals surface area contributed by atoms with E-state index in [9.17, 15) is 4.79 Å². The average molecular weight is 287 g/mol. The summed E-state index contributed by atoms with van der Waals surface area (Å²) in [6.07, 6.45) is 3.15. The van der Waals surface area contributed by atoms with Crippen LogP contribution in [0.5, 0.6) is 0 Å². The molecule has 3 unspecified atom stereocenters. The van der Waals surface area contributed by atoms with Crippen LogP contribution in [0.25, 0.3) is 0 Å². The molecular formula is C13H19ClN2OS. The second-order valence-corrected chi connectivity index (χ2v) is 6.65. The zero-order chi connectivity index (χ0) is 13.1. The van der Waals surface area contributed by atoms with Crippen molar-refractivity contribution < 1.29 is 4.79 Å². The fraction of sp³-hybridized carbons (Fsp3) is 0.615. The molecule has 0 spiro atoms. The Kier molecular flexibility index (Phi) is 4.65. The van der Waals surface area contributed by atoms with Crippen LogP contribution in [-0.4, -0.2) is 12.5 Å². The maximum absolute atomic E-state index is 12.2. The van der Waals surface area contributed by atoms with Gasteiger partial charge in [0.15, 0.2) is 0 Å². The minimum atomic E-state index is 0.0222. The van der Waals surface area contributed by atoms with Gasteiger partial charge in [-0.15, -0.1) is 11.3 Å². The van der Waals surface area contributed by atoms with Crippen LogP contribution in [0.3, 0.4) is 0 Å². The van der Waals surface area contributed by atoms with E-state index in [1.165, 1.54) is 11.3 Å². The number of nitrogens with one attached hydrogen (secondary N) is 1. The highest BCUT2D eigenvalue weighted by Gasteiger charge is 2.32. The normalized spacial score (nSPS) is 25.1. The maximum atomic E-state index is 12.2. The molecule has 3 atom stereocenters. The lowest BCUT2D eigenvalue weighted by atomic mass is 9.95. The van der Waals surface area contributed by atoms with Gasteiger partial charge < -0.3 is 11.1 Å². The fourth-order valence-electron chi connectivity index (χ4n) is 2.62. The Hall–Kier alpha value is -0.580. The van der Waals surface area contributed by atoms with Crippen LogP contribution in [0, 0.1) is 11.8 Å². The molecule has 0 radical (unpaired) electrons. The van der Waals surface area contributed by atoms with E-state index in [2.05, 4.69) is 5.32 Å². The molecule has 0 aromatic carbocycles. The van der Waals surface area contributed by atoms with Crippen LogP contribution in [-0.2, 0) is 4.79 Å². The van der Waals surface area contributed by atoms with Crippen LogP contribution in [0.15, 0.2) is 12.1 Å². The lowest BCUT2D eigenvalue weighted by Crippen LogP contribution is -2.36. The summed E-state index contributed by atoms with van der Waals surface area (Å²) in [6, 6.07) is 3.85. The standard InChI is InChI=1S/C13H19ClN2OS/c1-8(11-5-6-12(14)18-11)16-13(17)10-4-2-3-9(10)7-15/h5-6,8-10H,2-4,7,15H2,1H3,(H,16,17).